The molecule has 2 aromatic carbocycles. The van der Waals surface area contributed by atoms with Gasteiger partial charge in [-0.15, -0.1) is 0 Å². The zero-order valence-corrected chi connectivity index (χ0v) is 12.0. The first-order valence-electron chi connectivity index (χ1n) is 6.70. The molecule has 108 valence electrons. The zero-order valence-electron chi connectivity index (χ0n) is 12.0. The Morgan fingerprint density at radius 3 is 2.48 bits per heavy atom. The van der Waals surface area contributed by atoms with Gasteiger partial charge in [-0.2, -0.15) is 0 Å². The van der Waals surface area contributed by atoms with Crippen molar-refractivity contribution in [1.82, 2.24) is 0 Å². The summed E-state index contributed by atoms with van der Waals surface area (Å²) in [6, 6.07) is 16.8. The van der Waals surface area contributed by atoms with E-state index >= 15 is 0 Å². The number of Topliss-reactive ketones (excluding diaryl/α,β-unsaturated/α-hetero) is 1. The van der Waals surface area contributed by atoms with Crippen molar-refractivity contribution in [2.75, 3.05) is 7.11 Å². The Hall–Kier alpha value is -2.39. The third-order valence-electron chi connectivity index (χ3n) is 3.22. The van der Waals surface area contributed by atoms with Gasteiger partial charge in [0.1, 0.15) is 12.7 Å². The maximum atomic E-state index is 12.8. The number of carbonyl (C=O) groups is 1. The lowest BCUT2D eigenvalue weighted by molar-refractivity contribution is 0.0601. The number of rotatable bonds is 7. The van der Waals surface area contributed by atoms with E-state index < -0.39 is 6.10 Å². The second-order valence-corrected chi connectivity index (χ2v) is 4.53. The molecule has 21 heavy (non-hydrogen) atoms. The van der Waals surface area contributed by atoms with Gasteiger partial charge in [-0.1, -0.05) is 61.2 Å². The highest BCUT2D eigenvalue weighted by Crippen LogP contribution is 2.24. The van der Waals surface area contributed by atoms with Crippen LogP contribution in [0.5, 0.6) is 0 Å². The van der Waals surface area contributed by atoms with Gasteiger partial charge in [0.05, 0.1) is 6.26 Å². The number of hydrogen-bond donors (Lipinski definition) is 0. The molecule has 0 amide bonds. The molecule has 2 rings (SSSR count). The molecule has 0 aliphatic carbocycles. The quantitative estimate of drug-likeness (QED) is 0.570. The first-order valence-corrected chi connectivity index (χ1v) is 6.70. The first-order chi connectivity index (χ1) is 10.3. The topological polar surface area (TPSA) is 35.5 Å². The van der Waals surface area contributed by atoms with E-state index in [4.69, 9.17) is 9.47 Å². The van der Waals surface area contributed by atoms with Gasteiger partial charge >= 0.3 is 0 Å². The lowest BCUT2D eigenvalue weighted by Gasteiger charge is -2.16. The Morgan fingerprint density at radius 2 is 1.81 bits per heavy atom. The van der Waals surface area contributed by atoms with Crippen LogP contribution in [0.25, 0.3) is 0 Å². The van der Waals surface area contributed by atoms with Crippen LogP contribution >= 0.6 is 0 Å². The second-order valence-electron chi connectivity index (χ2n) is 4.53. The predicted octanol–water partition coefficient (Wildman–Crippen LogP) is 3.92. The van der Waals surface area contributed by atoms with Crippen molar-refractivity contribution in [3.8, 4) is 0 Å². The van der Waals surface area contributed by atoms with E-state index in [2.05, 4.69) is 6.58 Å². The maximum absolute atomic E-state index is 12.8. The molecular formula is C18H18O3. The van der Waals surface area contributed by atoms with Crippen molar-refractivity contribution in [1.29, 1.82) is 0 Å². The van der Waals surface area contributed by atoms with Crippen LogP contribution in [0, 0.1) is 0 Å². The molecule has 0 N–H and O–H groups in total. The Labute approximate surface area is 124 Å². The highest BCUT2D eigenvalue weighted by atomic mass is 16.5. The number of hydrogen-bond acceptors (Lipinski definition) is 3. The summed E-state index contributed by atoms with van der Waals surface area (Å²) in [6.45, 7) is 3.83. The average molecular weight is 282 g/mol. The van der Waals surface area contributed by atoms with Crippen molar-refractivity contribution in [3.63, 3.8) is 0 Å². The van der Waals surface area contributed by atoms with Crippen molar-refractivity contribution < 1.29 is 14.3 Å². The molecule has 0 spiro atoms. The van der Waals surface area contributed by atoms with Crippen LogP contribution in [0.2, 0.25) is 0 Å². The summed E-state index contributed by atoms with van der Waals surface area (Å²) < 4.78 is 10.6. The van der Waals surface area contributed by atoms with Crippen LogP contribution in [-0.2, 0) is 16.1 Å². The highest BCUT2D eigenvalue weighted by molar-refractivity contribution is 6.01. The fraction of sp³-hybridized carbons (Fsp3) is 0.167. The third-order valence-corrected chi connectivity index (χ3v) is 3.22. The number of ketones is 1. The predicted molar refractivity (Wildman–Crippen MR) is 82.0 cm³/mol. The fourth-order valence-corrected chi connectivity index (χ4v) is 2.20. The minimum Gasteiger partial charge on any atom is -0.497 e. The number of carbonyl (C=O) groups excluding carboxylic acids is 1. The molecule has 0 heterocycles. The number of benzene rings is 2. The molecule has 0 saturated carbocycles. The average Bonchev–Trinajstić information content (AvgIpc) is 2.55. The van der Waals surface area contributed by atoms with Crippen LogP contribution in [0.15, 0.2) is 67.4 Å². The minimum absolute atomic E-state index is 0.0769. The van der Waals surface area contributed by atoms with Crippen LogP contribution in [0.4, 0.5) is 0 Å². The fourth-order valence-electron chi connectivity index (χ4n) is 2.20. The van der Waals surface area contributed by atoms with Gasteiger partial charge < -0.3 is 9.47 Å². The van der Waals surface area contributed by atoms with E-state index in [9.17, 15) is 4.79 Å². The van der Waals surface area contributed by atoms with E-state index in [0.717, 1.165) is 11.1 Å². The van der Waals surface area contributed by atoms with Gasteiger partial charge in [-0.05, 0) is 5.56 Å². The minimum atomic E-state index is -0.615. The third kappa shape index (κ3) is 3.58. The van der Waals surface area contributed by atoms with Gasteiger partial charge in [-0.3, -0.25) is 4.79 Å². The molecule has 3 nitrogen and oxygen atoms in total. The molecule has 3 heteroatoms. The molecule has 1 unspecified atom stereocenters. The maximum Gasteiger partial charge on any atom is 0.196 e. The molecule has 0 radical (unpaired) electrons. The first kappa shape index (κ1) is 15.0. The van der Waals surface area contributed by atoms with E-state index in [1.807, 2.05) is 48.5 Å². The normalized spacial score (nSPS) is 11.7. The smallest absolute Gasteiger partial charge is 0.196 e. The molecule has 0 aromatic heterocycles. The number of ether oxygens (including phenoxy) is 2. The lowest BCUT2D eigenvalue weighted by atomic mass is 9.96. The number of methoxy groups -OCH3 is 1. The van der Waals surface area contributed by atoms with Crippen LogP contribution in [0.1, 0.15) is 27.6 Å². The van der Waals surface area contributed by atoms with E-state index in [-0.39, 0.29) is 5.78 Å². The largest absolute Gasteiger partial charge is 0.497 e. The standard InChI is InChI=1S/C18H18O3/c1-3-21-13-15-11-7-8-12-16(15)17(19)18(20-2)14-9-5-4-6-10-14/h3-12,18H,1,13H2,2H3. The molecule has 0 aliphatic rings. The van der Waals surface area contributed by atoms with E-state index in [1.165, 1.54) is 6.26 Å². The Kier molecular flexibility index (Phi) is 5.29. The van der Waals surface area contributed by atoms with E-state index in [1.54, 1.807) is 13.2 Å². The van der Waals surface area contributed by atoms with Crippen LogP contribution in [-0.4, -0.2) is 12.9 Å². The van der Waals surface area contributed by atoms with Gasteiger partial charge in [0.25, 0.3) is 0 Å². The lowest BCUT2D eigenvalue weighted by Crippen LogP contribution is -2.16. The molecular weight excluding hydrogens is 264 g/mol. The zero-order chi connectivity index (χ0) is 15.1. The molecule has 0 aliphatic heterocycles. The molecule has 0 fully saturated rings. The van der Waals surface area contributed by atoms with Gasteiger partial charge in [-0.25, -0.2) is 0 Å². The SMILES string of the molecule is C=COCc1ccccc1C(=O)C(OC)c1ccccc1. The molecule has 0 saturated heterocycles. The monoisotopic (exact) mass is 282 g/mol. The Morgan fingerprint density at radius 1 is 1.14 bits per heavy atom. The van der Waals surface area contributed by atoms with Gasteiger partial charge in [0.2, 0.25) is 0 Å². The summed E-state index contributed by atoms with van der Waals surface area (Å²) in [5.74, 6) is -0.0769. The summed E-state index contributed by atoms with van der Waals surface area (Å²) in [5, 5.41) is 0. The molecule has 2 aromatic rings. The Balaban J connectivity index is 2.32. The second kappa shape index (κ2) is 7.41. The van der Waals surface area contributed by atoms with Crippen LogP contribution < -0.4 is 0 Å². The molecule has 0 bridgehead atoms. The van der Waals surface area contributed by atoms with Crippen LogP contribution in [0.3, 0.4) is 0 Å². The molecule has 1 atom stereocenters. The summed E-state index contributed by atoms with van der Waals surface area (Å²) >= 11 is 0. The summed E-state index contributed by atoms with van der Waals surface area (Å²) in [4.78, 5) is 12.8. The van der Waals surface area contributed by atoms with Crippen molar-refractivity contribution in [2.24, 2.45) is 0 Å². The van der Waals surface area contributed by atoms with Crippen molar-refractivity contribution in [2.45, 2.75) is 12.7 Å². The summed E-state index contributed by atoms with van der Waals surface area (Å²) in [7, 11) is 1.54. The van der Waals surface area contributed by atoms with E-state index in [0.29, 0.717) is 12.2 Å². The van der Waals surface area contributed by atoms with Gasteiger partial charge in [0, 0.05) is 18.2 Å². The summed E-state index contributed by atoms with van der Waals surface area (Å²) in [5.41, 5.74) is 2.26. The van der Waals surface area contributed by atoms with Gasteiger partial charge in [0.15, 0.2) is 5.78 Å². The highest BCUT2D eigenvalue weighted by Gasteiger charge is 2.23. The Bertz CT molecular complexity index is 605. The summed E-state index contributed by atoms with van der Waals surface area (Å²) in [6.07, 6.45) is 0.753. The van der Waals surface area contributed by atoms with Crippen molar-refractivity contribution in [3.05, 3.63) is 84.1 Å². The van der Waals surface area contributed by atoms with Crippen molar-refractivity contribution >= 4 is 5.78 Å².